The second kappa shape index (κ2) is 4.34. The highest BCUT2D eigenvalue weighted by Gasteiger charge is 2.27. The number of ether oxygens (including phenoxy) is 1. The maximum Gasteiger partial charge on any atom is 0.372 e. The van der Waals surface area contributed by atoms with Crippen LogP contribution in [0.15, 0.2) is 15.3 Å². The SMILES string of the molecule is Cc1c(F)c(=O)oc2c(C)c3c(cc12)CC(CBr)O3. The van der Waals surface area contributed by atoms with Crippen molar-refractivity contribution in [2.24, 2.45) is 0 Å². The molecule has 1 aliphatic rings. The van der Waals surface area contributed by atoms with Crippen molar-refractivity contribution >= 4 is 26.9 Å². The first-order chi connectivity index (χ1) is 9.02. The van der Waals surface area contributed by atoms with Crippen LogP contribution in [0.25, 0.3) is 11.0 Å². The number of hydrogen-bond donors (Lipinski definition) is 0. The van der Waals surface area contributed by atoms with E-state index in [1.54, 1.807) is 6.92 Å². The van der Waals surface area contributed by atoms with E-state index in [0.717, 1.165) is 28.6 Å². The van der Waals surface area contributed by atoms with Crippen molar-refractivity contribution < 1.29 is 13.5 Å². The maximum absolute atomic E-state index is 13.6. The lowest BCUT2D eigenvalue weighted by atomic mass is 10.0. The molecule has 0 radical (unpaired) electrons. The van der Waals surface area contributed by atoms with E-state index in [4.69, 9.17) is 9.15 Å². The third-order valence-electron chi connectivity index (χ3n) is 3.55. The summed E-state index contributed by atoms with van der Waals surface area (Å²) >= 11 is 3.39. The normalized spacial score (nSPS) is 17.6. The van der Waals surface area contributed by atoms with E-state index >= 15 is 0 Å². The number of hydrogen-bond acceptors (Lipinski definition) is 3. The Bertz CT molecular complexity index is 736. The van der Waals surface area contributed by atoms with Crippen LogP contribution in [0.3, 0.4) is 0 Å². The van der Waals surface area contributed by atoms with Crippen molar-refractivity contribution in [2.45, 2.75) is 26.4 Å². The average Bonchev–Trinajstić information content (AvgIpc) is 2.81. The van der Waals surface area contributed by atoms with Crippen molar-refractivity contribution in [3.8, 4) is 5.75 Å². The highest BCUT2D eigenvalue weighted by atomic mass is 79.9. The molecule has 5 heteroatoms. The van der Waals surface area contributed by atoms with Crippen LogP contribution in [0.2, 0.25) is 0 Å². The molecular formula is C14H12BrFO3. The van der Waals surface area contributed by atoms with Gasteiger partial charge >= 0.3 is 5.63 Å². The minimum atomic E-state index is -0.928. The minimum absolute atomic E-state index is 0.0717. The van der Waals surface area contributed by atoms with Gasteiger partial charge in [0.15, 0.2) is 0 Å². The zero-order valence-electron chi connectivity index (χ0n) is 10.5. The van der Waals surface area contributed by atoms with Gasteiger partial charge in [0, 0.05) is 28.3 Å². The Hall–Kier alpha value is -1.36. The molecule has 3 rings (SSSR count). The van der Waals surface area contributed by atoms with Crippen LogP contribution in [0.5, 0.6) is 5.75 Å². The largest absolute Gasteiger partial charge is 0.489 e. The predicted molar refractivity (Wildman–Crippen MR) is 73.8 cm³/mol. The molecule has 0 N–H and O–H groups in total. The van der Waals surface area contributed by atoms with Crippen molar-refractivity contribution in [1.82, 2.24) is 0 Å². The van der Waals surface area contributed by atoms with E-state index < -0.39 is 11.4 Å². The molecule has 1 aromatic heterocycles. The van der Waals surface area contributed by atoms with Crippen LogP contribution < -0.4 is 10.4 Å². The molecule has 1 unspecified atom stereocenters. The van der Waals surface area contributed by atoms with E-state index in [2.05, 4.69) is 15.9 Å². The molecule has 0 fully saturated rings. The van der Waals surface area contributed by atoms with Crippen LogP contribution >= 0.6 is 15.9 Å². The van der Waals surface area contributed by atoms with Crippen LogP contribution in [-0.2, 0) is 6.42 Å². The van der Waals surface area contributed by atoms with Gasteiger partial charge in [0.2, 0.25) is 5.82 Å². The van der Waals surface area contributed by atoms with Crippen molar-refractivity contribution in [3.63, 3.8) is 0 Å². The summed E-state index contributed by atoms with van der Waals surface area (Å²) in [5.41, 5.74) is 1.61. The summed E-state index contributed by atoms with van der Waals surface area (Å²) in [7, 11) is 0. The van der Waals surface area contributed by atoms with E-state index in [-0.39, 0.29) is 6.10 Å². The number of rotatable bonds is 1. The van der Waals surface area contributed by atoms with Gasteiger partial charge in [-0.25, -0.2) is 4.79 Å². The average molecular weight is 327 g/mol. The zero-order chi connectivity index (χ0) is 13.7. The fraction of sp³-hybridized carbons (Fsp3) is 0.357. The van der Waals surface area contributed by atoms with Gasteiger partial charge in [0.05, 0.1) is 0 Å². The summed E-state index contributed by atoms with van der Waals surface area (Å²) in [6.45, 7) is 3.43. The zero-order valence-corrected chi connectivity index (χ0v) is 12.1. The van der Waals surface area contributed by atoms with E-state index in [1.165, 1.54) is 0 Å². The number of aryl methyl sites for hydroxylation is 2. The summed E-state index contributed by atoms with van der Waals surface area (Å²) in [6.07, 6.45) is 0.847. The lowest BCUT2D eigenvalue weighted by molar-refractivity contribution is 0.259. The third kappa shape index (κ3) is 1.79. The van der Waals surface area contributed by atoms with Crippen molar-refractivity contribution in [1.29, 1.82) is 0 Å². The molecule has 1 aliphatic heterocycles. The van der Waals surface area contributed by atoms with E-state index in [0.29, 0.717) is 16.5 Å². The summed E-state index contributed by atoms with van der Waals surface area (Å²) in [4.78, 5) is 11.4. The monoisotopic (exact) mass is 326 g/mol. The van der Waals surface area contributed by atoms with E-state index in [1.807, 2.05) is 13.0 Å². The fourth-order valence-corrected chi connectivity index (χ4v) is 2.89. The summed E-state index contributed by atoms with van der Waals surface area (Å²) in [5.74, 6) is -0.0612. The van der Waals surface area contributed by atoms with Gasteiger partial charge in [-0.15, -0.1) is 0 Å². The minimum Gasteiger partial charge on any atom is -0.489 e. The Labute approximate surface area is 117 Å². The molecule has 0 bridgehead atoms. The number of halogens is 2. The number of alkyl halides is 1. The molecule has 2 heterocycles. The van der Waals surface area contributed by atoms with Gasteiger partial charge in [-0.2, -0.15) is 4.39 Å². The third-order valence-corrected chi connectivity index (χ3v) is 4.27. The first kappa shape index (κ1) is 12.7. The second-order valence-electron chi connectivity index (χ2n) is 4.79. The Kier molecular flexibility index (Phi) is 2.89. The van der Waals surface area contributed by atoms with Gasteiger partial charge < -0.3 is 9.15 Å². The highest BCUT2D eigenvalue weighted by molar-refractivity contribution is 9.09. The van der Waals surface area contributed by atoms with Gasteiger partial charge in [-0.3, -0.25) is 0 Å². The van der Waals surface area contributed by atoms with Crippen LogP contribution in [0, 0.1) is 19.7 Å². The molecular weight excluding hydrogens is 315 g/mol. The molecule has 1 aromatic carbocycles. The Balaban J connectivity index is 2.35. The Morgan fingerprint density at radius 1 is 1.42 bits per heavy atom. The number of fused-ring (bicyclic) bond motifs is 2. The van der Waals surface area contributed by atoms with Crippen LogP contribution in [0.4, 0.5) is 4.39 Å². The standard InChI is InChI=1S/C14H12BrFO3/c1-6-10-4-8-3-9(5-15)18-12(8)7(2)13(10)19-14(17)11(6)16/h4,9H,3,5H2,1-2H3. The van der Waals surface area contributed by atoms with E-state index in [9.17, 15) is 9.18 Å². The first-order valence-corrected chi connectivity index (χ1v) is 7.13. The highest BCUT2D eigenvalue weighted by Crippen LogP contribution is 2.38. The maximum atomic E-state index is 13.6. The van der Waals surface area contributed by atoms with Gasteiger partial charge in [-0.1, -0.05) is 15.9 Å². The first-order valence-electron chi connectivity index (χ1n) is 6.01. The quantitative estimate of drug-likeness (QED) is 0.596. The molecule has 3 nitrogen and oxygen atoms in total. The molecule has 1 atom stereocenters. The summed E-state index contributed by atoms with van der Waals surface area (Å²) < 4.78 is 24.5. The fourth-order valence-electron chi connectivity index (χ4n) is 2.53. The number of benzene rings is 1. The Morgan fingerprint density at radius 3 is 2.84 bits per heavy atom. The molecule has 2 aromatic rings. The molecule has 0 saturated heterocycles. The lowest BCUT2D eigenvalue weighted by Crippen LogP contribution is -2.13. The molecule has 0 amide bonds. The predicted octanol–water partition coefficient (Wildman–Crippen LogP) is 3.25. The van der Waals surface area contributed by atoms with Crippen LogP contribution in [-0.4, -0.2) is 11.4 Å². The lowest BCUT2D eigenvalue weighted by Gasteiger charge is -2.10. The van der Waals surface area contributed by atoms with Gasteiger partial charge in [-0.05, 0) is 25.5 Å². The molecule has 0 aliphatic carbocycles. The molecule has 19 heavy (non-hydrogen) atoms. The van der Waals surface area contributed by atoms with Gasteiger partial charge in [0.1, 0.15) is 17.4 Å². The smallest absolute Gasteiger partial charge is 0.372 e. The summed E-state index contributed by atoms with van der Waals surface area (Å²) in [5, 5.41) is 1.38. The Morgan fingerprint density at radius 2 is 2.16 bits per heavy atom. The van der Waals surface area contributed by atoms with Gasteiger partial charge in [0.25, 0.3) is 0 Å². The van der Waals surface area contributed by atoms with Crippen molar-refractivity contribution in [3.05, 3.63) is 39.0 Å². The van der Waals surface area contributed by atoms with Crippen molar-refractivity contribution in [2.75, 3.05) is 5.33 Å². The molecule has 0 saturated carbocycles. The second-order valence-corrected chi connectivity index (χ2v) is 5.44. The molecule has 0 spiro atoms. The molecule has 100 valence electrons. The topological polar surface area (TPSA) is 39.4 Å². The van der Waals surface area contributed by atoms with Crippen LogP contribution in [0.1, 0.15) is 16.7 Å². The summed E-state index contributed by atoms with van der Waals surface area (Å²) in [6, 6.07) is 1.86.